The van der Waals surface area contributed by atoms with Gasteiger partial charge in [0.05, 0.1) is 5.41 Å². The van der Waals surface area contributed by atoms with E-state index >= 15 is 0 Å². The summed E-state index contributed by atoms with van der Waals surface area (Å²) in [6, 6.07) is 11.5. The van der Waals surface area contributed by atoms with Gasteiger partial charge >= 0.3 is 0 Å². The molecule has 0 aliphatic heterocycles. The first-order valence-corrected chi connectivity index (χ1v) is 10.5. The van der Waals surface area contributed by atoms with Crippen molar-refractivity contribution in [3.8, 4) is 5.75 Å². The molecule has 4 nitrogen and oxygen atoms in total. The van der Waals surface area contributed by atoms with Crippen LogP contribution in [0, 0.1) is 17.5 Å². The third kappa shape index (κ3) is 3.82. The first kappa shape index (κ1) is 21.4. The largest absolute Gasteiger partial charge is 0.474 e. The second-order valence-electron chi connectivity index (χ2n) is 8.73. The molecule has 1 aromatic heterocycles. The smallest absolute Gasteiger partial charge is 0.192 e. The molecule has 0 radical (unpaired) electrons. The predicted octanol–water partition coefficient (Wildman–Crippen LogP) is 5.80. The lowest BCUT2D eigenvalue weighted by Crippen LogP contribution is -2.35. The number of nitrogens with zero attached hydrogens (tertiary/aromatic N) is 3. The van der Waals surface area contributed by atoms with Crippen molar-refractivity contribution in [2.75, 3.05) is 0 Å². The molecular formula is C24H26F3N3O. The molecule has 1 saturated carbocycles. The normalized spacial score (nSPS) is 16.3. The highest BCUT2D eigenvalue weighted by molar-refractivity contribution is 5.35. The number of rotatable bonds is 5. The van der Waals surface area contributed by atoms with Crippen molar-refractivity contribution in [2.24, 2.45) is 7.05 Å². The first-order valence-electron chi connectivity index (χ1n) is 10.5. The van der Waals surface area contributed by atoms with Crippen molar-refractivity contribution >= 4 is 0 Å². The fourth-order valence-electron chi connectivity index (χ4n) is 4.75. The average molecular weight is 429 g/mol. The number of hydrogen-bond acceptors (Lipinski definition) is 3. The van der Waals surface area contributed by atoms with Crippen LogP contribution in [0.15, 0.2) is 42.5 Å². The molecule has 1 fully saturated rings. The van der Waals surface area contributed by atoms with Crippen molar-refractivity contribution in [3.63, 3.8) is 0 Å². The summed E-state index contributed by atoms with van der Waals surface area (Å²) < 4.78 is 49.2. The van der Waals surface area contributed by atoms with Gasteiger partial charge in [-0.15, -0.1) is 10.2 Å². The SMILES string of the molecule is Cn1c(C(C)(C)Oc2c(F)cc(F)cc2F)nnc1C1(c2ccccc2)CCCCC1. The van der Waals surface area contributed by atoms with E-state index in [9.17, 15) is 13.2 Å². The predicted molar refractivity (Wildman–Crippen MR) is 111 cm³/mol. The standard InChI is InChI=1S/C24H26F3N3O/c1-23(2,31-20-18(26)14-17(25)15-19(20)27)21-28-29-22(30(21)3)24(12-8-5-9-13-24)16-10-6-4-7-11-16/h4,6-7,10-11,14-15H,5,8-9,12-13H2,1-3H3. The Morgan fingerprint density at radius 1 is 0.935 bits per heavy atom. The molecule has 1 aliphatic carbocycles. The van der Waals surface area contributed by atoms with Crippen molar-refractivity contribution in [3.05, 3.63) is 77.1 Å². The van der Waals surface area contributed by atoms with Crippen LogP contribution in [0.5, 0.6) is 5.75 Å². The summed E-state index contributed by atoms with van der Waals surface area (Å²) in [6.07, 6.45) is 5.25. The number of benzene rings is 2. The molecule has 0 atom stereocenters. The molecule has 2 aromatic carbocycles. The molecule has 0 unspecified atom stereocenters. The number of hydrogen-bond donors (Lipinski definition) is 0. The summed E-state index contributed by atoms with van der Waals surface area (Å²) in [5.74, 6) is -2.58. The van der Waals surface area contributed by atoms with E-state index in [1.54, 1.807) is 13.8 Å². The van der Waals surface area contributed by atoms with E-state index in [1.807, 2.05) is 29.8 Å². The molecule has 31 heavy (non-hydrogen) atoms. The molecule has 4 rings (SSSR count). The zero-order chi connectivity index (χ0) is 22.2. The van der Waals surface area contributed by atoms with E-state index in [0.717, 1.165) is 31.5 Å². The van der Waals surface area contributed by atoms with Crippen molar-refractivity contribution in [1.29, 1.82) is 0 Å². The molecule has 1 aliphatic rings. The molecule has 0 saturated heterocycles. The summed E-state index contributed by atoms with van der Waals surface area (Å²) in [6.45, 7) is 3.33. The third-order valence-electron chi connectivity index (χ3n) is 6.20. The summed E-state index contributed by atoms with van der Waals surface area (Å²) in [5, 5.41) is 8.92. The van der Waals surface area contributed by atoms with Gasteiger partial charge in [0.15, 0.2) is 28.8 Å². The maximum absolute atomic E-state index is 14.2. The van der Waals surface area contributed by atoms with Crippen LogP contribution in [0.25, 0.3) is 0 Å². The monoisotopic (exact) mass is 429 g/mol. The van der Waals surface area contributed by atoms with Crippen LogP contribution in [0.2, 0.25) is 0 Å². The second kappa shape index (κ2) is 8.02. The van der Waals surface area contributed by atoms with E-state index in [2.05, 4.69) is 22.3 Å². The van der Waals surface area contributed by atoms with Crippen LogP contribution < -0.4 is 4.74 Å². The molecule has 0 bridgehead atoms. The Morgan fingerprint density at radius 2 is 1.55 bits per heavy atom. The van der Waals surface area contributed by atoms with Crippen LogP contribution in [-0.2, 0) is 18.1 Å². The summed E-state index contributed by atoms with van der Waals surface area (Å²) in [4.78, 5) is 0. The molecule has 0 spiro atoms. The maximum atomic E-state index is 14.2. The lowest BCUT2D eigenvalue weighted by Gasteiger charge is -2.37. The van der Waals surface area contributed by atoms with E-state index in [4.69, 9.17) is 4.74 Å². The lowest BCUT2D eigenvalue weighted by atomic mass is 9.68. The summed E-state index contributed by atoms with van der Waals surface area (Å²) in [5.41, 5.74) is -0.292. The van der Waals surface area contributed by atoms with Gasteiger partial charge in [0.2, 0.25) is 0 Å². The number of halogens is 3. The molecule has 0 N–H and O–H groups in total. The van der Waals surface area contributed by atoms with Gasteiger partial charge in [-0.2, -0.15) is 0 Å². The Bertz CT molecular complexity index is 1050. The fraction of sp³-hybridized carbons (Fsp3) is 0.417. The van der Waals surface area contributed by atoms with Crippen molar-refractivity contribution in [1.82, 2.24) is 14.8 Å². The summed E-state index contributed by atoms with van der Waals surface area (Å²) >= 11 is 0. The fourth-order valence-corrected chi connectivity index (χ4v) is 4.75. The summed E-state index contributed by atoms with van der Waals surface area (Å²) in [7, 11) is 1.85. The lowest BCUT2D eigenvalue weighted by molar-refractivity contribution is 0.0827. The molecule has 1 heterocycles. The van der Waals surface area contributed by atoms with Crippen LogP contribution >= 0.6 is 0 Å². The Labute approximate surface area is 180 Å². The van der Waals surface area contributed by atoms with Gasteiger partial charge in [0.1, 0.15) is 11.6 Å². The second-order valence-corrected chi connectivity index (χ2v) is 8.73. The maximum Gasteiger partial charge on any atom is 0.192 e. The highest BCUT2D eigenvalue weighted by Crippen LogP contribution is 2.44. The van der Waals surface area contributed by atoms with Crippen molar-refractivity contribution in [2.45, 2.75) is 57.0 Å². The molecule has 7 heteroatoms. The van der Waals surface area contributed by atoms with Crippen LogP contribution in [0.1, 0.15) is 63.2 Å². The van der Waals surface area contributed by atoms with Gasteiger partial charge in [-0.1, -0.05) is 49.6 Å². The van der Waals surface area contributed by atoms with Crippen LogP contribution in [0.3, 0.4) is 0 Å². The van der Waals surface area contributed by atoms with Gasteiger partial charge in [-0.3, -0.25) is 0 Å². The zero-order valence-corrected chi connectivity index (χ0v) is 18.0. The Hall–Kier alpha value is -2.83. The Balaban J connectivity index is 1.75. The third-order valence-corrected chi connectivity index (χ3v) is 6.20. The van der Waals surface area contributed by atoms with Crippen LogP contribution in [-0.4, -0.2) is 14.8 Å². The topological polar surface area (TPSA) is 39.9 Å². The zero-order valence-electron chi connectivity index (χ0n) is 18.0. The number of ether oxygens (including phenoxy) is 1. The highest BCUT2D eigenvalue weighted by Gasteiger charge is 2.42. The van der Waals surface area contributed by atoms with E-state index in [-0.39, 0.29) is 5.41 Å². The molecule has 164 valence electrons. The van der Waals surface area contributed by atoms with Gasteiger partial charge < -0.3 is 9.30 Å². The quantitative estimate of drug-likeness (QED) is 0.515. The van der Waals surface area contributed by atoms with E-state index in [0.29, 0.717) is 18.0 Å². The van der Waals surface area contributed by atoms with Gasteiger partial charge in [0, 0.05) is 19.2 Å². The van der Waals surface area contributed by atoms with Gasteiger partial charge in [-0.05, 0) is 32.3 Å². The molecule has 0 amide bonds. The van der Waals surface area contributed by atoms with Gasteiger partial charge in [0.25, 0.3) is 0 Å². The minimum atomic E-state index is -1.20. The number of aromatic nitrogens is 3. The molecular weight excluding hydrogens is 403 g/mol. The Morgan fingerprint density at radius 3 is 2.16 bits per heavy atom. The minimum absolute atomic E-state index is 0.276. The van der Waals surface area contributed by atoms with Gasteiger partial charge in [-0.25, -0.2) is 13.2 Å². The van der Waals surface area contributed by atoms with E-state index < -0.39 is 28.8 Å². The highest BCUT2D eigenvalue weighted by atomic mass is 19.1. The van der Waals surface area contributed by atoms with Crippen LogP contribution in [0.4, 0.5) is 13.2 Å². The van der Waals surface area contributed by atoms with Crippen molar-refractivity contribution < 1.29 is 17.9 Å². The van der Waals surface area contributed by atoms with E-state index in [1.165, 1.54) is 12.0 Å². The average Bonchev–Trinajstić information content (AvgIpc) is 3.15. The Kier molecular flexibility index (Phi) is 5.54. The minimum Gasteiger partial charge on any atom is -0.474 e. The molecule has 3 aromatic rings. The first-order chi connectivity index (χ1) is 14.7.